The molecule has 0 N–H and O–H groups in total. The molecule has 1 aliphatic heterocycles. The Balaban J connectivity index is 1.38. The monoisotopic (exact) mass is 335 g/mol. The van der Waals surface area contributed by atoms with E-state index in [1.165, 1.54) is 0 Å². The molecule has 1 saturated heterocycles. The summed E-state index contributed by atoms with van der Waals surface area (Å²) in [6, 6.07) is 17.1. The molecule has 1 aromatic heterocycles. The van der Waals surface area contributed by atoms with Crippen molar-refractivity contribution in [3.05, 3.63) is 60.5 Å². The van der Waals surface area contributed by atoms with E-state index in [1.54, 1.807) is 4.90 Å². The van der Waals surface area contributed by atoms with Crippen LogP contribution in [-0.4, -0.2) is 22.6 Å². The summed E-state index contributed by atoms with van der Waals surface area (Å²) >= 11 is 0. The first-order valence-electron chi connectivity index (χ1n) is 8.21. The Labute approximate surface area is 145 Å². The van der Waals surface area contributed by atoms with E-state index in [4.69, 9.17) is 9.26 Å². The SMILES string of the molecule is O=C1CCCN1c1ccc(OCc2nc(-c3ccccc3)no2)cc1. The summed E-state index contributed by atoms with van der Waals surface area (Å²) in [5, 5.41) is 3.96. The normalized spacial score (nSPS) is 14.1. The van der Waals surface area contributed by atoms with E-state index in [1.807, 2.05) is 54.6 Å². The molecule has 0 radical (unpaired) electrons. The van der Waals surface area contributed by atoms with Crippen LogP contribution in [0.25, 0.3) is 11.4 Å². The van der Waals surface area contributed by atoms with E-state index >= 15 is 0 Å². The van der Waals surface area contributed by atoms with Crippen LogP contribution in [0.15, 0.2) is 59.1 Å². The van der Waals surface area contributed by atoms with Crippen LogP contribution in [0.2, 0.25) is 0 Å². The van der Waals surface area contributed by atoms with Gasteiger partial charge in [0.05, 0.1) is 0 Å². The fourth-order valence-electron chi connectivity index (χ4n) is 2.81. The topological polar surface area (TPSA) is 68.5 Å². The number of anilines is 1. The Bertz CT molecular complexity index is 859. The summed E-state index contributed by atoms with van der Waals surface area (Å²) in [6.45, 7) is 0.977. The van der Waals surface area contributed by atoms with E-state index in [2.05, 4.69) is 10.1 Å². The molecular weight excluding hydrogens is 318 g/mol. The summed E-state index contributed by atoms with van der Waals surface area (Å²) in [6.07, 6.45) is 1.54. The van der Waals surface area contributed by atoms with Gasteiger partial charge in [-0.2, -0.15) is 4.98 Å². The summed E-state index contributed by atoms with van der Waals surface area (Å²) < 4.78 is 10.9. The molecule has 0 atom stereocenters. The van der Waals surface area contributed by atoms with Gasteiger partial charge in [-0.05, 0) is 30.7 Å². The van der Waals surface area contributed by atoms with Gasteiger partial charge in [0.25, 0.3) is 5.89 Å². The van der Waals surface area contributed by atoms with Crippen LogP contribution in [-0.2, 0) is 11.4 Å². The molecule has 3 aromatic rings. The molecule has 0 spiro atoms. The van der Waals surface area contributed by atoms with Crippen molar-refractivity contribution >= 4 is 11.6 Å². The van der Waals surface area contributed by atoms with Crippen molar-refractivity contribution < 1.29 is 14.1 Å². The standard InChI is InChI=1S/C19H17N3O3/c23-18-7-4-12-22(18)15-8-10-16(11-9-15)24-13-17-20-19(21-25-17)14-5-2-1-3-6-14/h1-3,5-6,8-11H,4,7,12-13H2. The maximum absolute atomic E-state index is 11.8. The Morgan fingerprint density at radius 1 is 1.08 bits per heavy atom. The van der Waals surface area contributed by atoms with Gasteiger partial charge in [-0.15, -0.1) is 0 Å². The Morgan fingerprint density at radius 2 is 1.88 bits per heavy atom. The zero-order valence-electron chi connectivity index (χ0n) is 13.6. The molecule has 6 nitrogen and oxygen atoms in total. The first-order valence-corrected chi connectivity index (χ1v) is 8.21. The van der Waals surface area contributed by atoms with Crippen LogP contribution in [0.3, 0.4) is 0 Å². The third-order valence-corrected chi connectivity index (χ3v) is 4.08. The first-order chi connectivity index (χ1) is 12.3. The van der Waals surface area contributed by atoms with Gasteiger partial charge >= 0.3 is 0 Å². The molecule has 2 aromatic carbocycles. The van der Waals surface area contributed by atoms with Gasteiger partial charge in [0.15, 0.2) is 6.61 Å². The zero-order valence-corrected chi connectivity index (χ0v) is 13.6. The Kier molecular flexibility index (Phi) is 4.16. The second kappa shape index (κ2) is 6.76. The fraction of sp³-hybridized carbons (Fsp3) is 0.211. The first kappa shape index (κ1) is 15.4. The van der Waals surface area contributed by atoms with Gasteiger partial charge in [-0.25, -0.2) is 0 Å². The minimum Gasteiger partial charge on any atom is -0.484 e. The van der Waals surface area contributed by atoms with Crippen LogP contribution in [0.1, 0.15) is 18.7 Å². The van der Waals surface area contributed by atoms with Gasteiger partial charge in [0.1, 0.15) is 5.75 Å². The minimum absolute atomic E-state index is 0.174. The third kappa shape index (κ3) is 3.38. The average molecular weight is 335 g/mol. The van der Waals surface area contributed by atoms with Gasteiger partial charge in [-0.1, -0.05) is 35.5 Å². The van der Waals surface area contributed by atoms with Crippen molar-refractivity contribution in [3.63, 3.8) is 0 Å². The summed E-state index contributed by atoms with van der Waals surface area (Å²) in [5.74, 6) is 1.82. The van der Waals surface area contributed by atoms with Crippen LogP contribution in [0, 0.1) is 0 Å². The van der Waals surface area contributed by atoms with Crippen molar-refractivity contribution in [2.45, 2.75) is 19.4 Å². The number of benzene rings is 2. The maximum atomic E-state index is 11.8. The second-order valence-corrected chi connectivity index (χ2v) is 5.81. The lowest BCUT2D eigenvalue weighted by Crippen LogP contribution is -2.23. The van der Waals surface area contributed by atoms with Crippen LogP contribution < -0.4 is 9.64 Å². The molecule has 0 saturated carbocycles. The molecule has 1 amide bonds. The lowest BCUT2D eigenvalue weighted by Gasteiger charge is -2.15. The molecule has 25 heavy (non-hydrogen) atoms. The van der Waals surface area contributed by atoms with E-state index < -0.39 is 0 Å². The highest BCUT2D eigenvalue weighted by molar-refractivity contribution is 5.95. The predicted molar refractivity (Wildman–Crippen MR) is 92.1 cm³/mol. The van der Waals surface area contributed by atoms with Crippen LogP contribution in [0.4, 0.5) is 5.69 Å². The highest BCUT2D eigenvalue weighted by Crippen LogP contribution is 2.24. The van der Waals surface area contributed by atoms with Gasteiger partial charge in [-0.3, -0.25) is 4.79 Å². The number of carbonyl (C=O) groups excluding carboxylic acids is 1. The van der Waals surface area contributed by atoms with Crippen molar-refractivity contribution in [3.8, 4) is 17.1 Å². The summed E-state index contributed by atoms with van der Waals surface area (Å²) in [7, 11) is 0. The smallest absolute Gasteiger partial charge is 0.264 e. The molecule has 126 valence electrons. The molecule has 1 aliphatic rings. The number of ether oxygens (including phenoxy) is 1. The largest absolute Gasteiger partial charge is 0.484 e. The summed E-state index contributed by atoms with van der Waals surface area (Å²) in [4.78, 5) is 17.9. The molecule has 0 aliphatic carbocycles. The Hall–Kier alpha value is -3.15. The number of aromatic nitrogens is 2. The highest BCUT2D eigenvalue weighted by atomic mass is 16.5. The number of hydrogen-bond acceptors (Lipinski definition) is 5. The second-order valence-electron chi connectivity index (χ2n) is 5.81. The Morgan fingerprint density at radius 3 is 2.60 bits per heavy atom. The van der Waals surface area contributed by atoms with Crippen LogP contribution >= 0.6 is 0 Å². The molecule has 2 heterocycles. The number of amides is 1. The van der Waals surface area contributed by atoms with E-state index in [9.17, 15) is 4.79 Å². The number of nitrogens with zero attached hydrogens (tertiary/aromatic N) is 3. The molecule has 1 fully saturated rings. The van der Waals surface area contributed by atoms with E-state index in [-0.39, 0.29) is 12.5 Å². The van der Waals surface area contributed by atoms with Gasteiger partial charge in [0.2, 0.25) is 11.7 Å². The number of rotatable bonds is 5. The molecule has 0 unspecified atom stereocenters. The third-order valence-electron chi connectivity index (χ3n) is 4.08. The van der Waals surface area contributed by atoms with Crippen molar-refractivity contribution in [1.82, 2.24) is 10.1 Å². The van der Waals surface area contributed by atoms with Gasteiger partial charge in [0, 0.05) is 24.2 Å². The van der Waals surface area contributed by atoms with Crippen molar-refractivity contribution in [2.75, 3.05) is 11.4 Å². The van der Waals surface area contributed by atoms with Crippen molar-refractivity contribution in [1.29, 1.82) is 0 Å². The van der Waals surface area contributed by atoms with Crippen molar-refractivity contribution in [2.24, 2.45) is 0 Å². The zero-order chi connectivity index (χ0) is 17.1. The number of hydrogen-bond donors (Lipinski definition) is 0. The van der Waals surface area contributed by atoms with E-state index in [0.29, 0.717) is 23.9 Å². The molecule has 4 rings (SSSR count). The molecule has 0 bridgehead atoms. The quantitative estimate of drug-likeness (QED) is 0.714. The van der Waals surface area contributed by atoms with E-state index in [0.717, 1.165) is 24.2 Å². The minimum atomic E-state index is 0.174. The fourth-order valence-corrected chi connectivity index (χ4v) is 2.81. The van der Waals surface area contributed by atoms with Crippen LogP contribution in [0.5, 0.6) is 5.75 Å². The predicted octanol–water partition coefficient (Wildman–Crippen LogP) is 3.44. The lowest BCUT2D eigenvalue weighted by atomic mass is 10.2. The average Bonchev–Trinajstić information content (AvgIpc) is 3.30. The highest BCUT2D eigenvalue weighted by Gasteiger charge is 2.21. The molecule has 6 heteroatoms. The summed E-state index contributed by atoms with van der Waals surface area (Å²) in [5.41, 5.74) is 1.80. The lowest BCUT2D eigenvalue weighted by molar-refractivity contribution is -0.117. The molecular formula is C19H17N3O3. The van der Waals surface area contributed by atoms with Gasteiger partial charge < -0.3 is 14.2 Å². The maximum Gasteiger partial charge on any atom is 0.264 e. The number of carbonyl (C=O) groups is 1.